The van der Waals surface area contributed by atoms with Gasteiger partial charge in [-0.2, -0.15) is 0 Å². The second-order valence-electron chi connectivity index (χ2n) is 22.5. The molecule has 0 amide bonds. The lowest BCUT2D eigenvalue weighted by Crippen LogP contribution is -2.30. The minimum Gasteiger partial charge on any atom is -0.462 e. The summed E-state index contributed by atoms with van der Waals surface area (Å²) in [7, 11) is 0. The fourth-order valence-corrected chi connectivity index (χ4v) is 9.50. The van der Waals surface area contributed by atoms with Gasteiger partial charge in [0.05, 0.1) is 0 Å². The highest BCUT2D eigenvalue weighted by Crippen LogP contribution is 2.19. The van der Waals surface area contributed by atoms with Gasteiger partial charge in [-0.3, -0.25) is 14.4 Å². The van der Waals surface area contributed by atoms with Crippen molar-refractivity contribution in [2.24, 2.45) is 17.8 Å². The molecule has 0 aromatic heterocycles. The Kier molecular flexibility index (Phi) is 52.0. The maximum absolute atomic E-state index is 12.9. The molecule has 0 aliphatic rings. The molecule has 0 radical (unpaired) electrons. The molecule has 68 heavy (non-hydrogen) atoms. The zero-order valence-corrected chi connectivity index (χ0v) is 46.9. The first-order chi connectivity index (χ1) is 33.1. The van der Waals surface area contributed by atoms with Gasteiger partial charge in [-0.25, -0.2) is 0 Å². The topological polar surface area (TPSA) is 78.9 Å². The van der Waals surface area contributed by atoms with E-state index in [9.17, 15) is 14.4 Å². The van der Waals surface area contributed by atoms with Crippen LogP contribution in [0.4, 0.5) is 0 Å². The number of ether oxygens (including phenoxy) is 3. The van der Waals surface area contributed by atoms with Crippen LogP contribution in [0.5, 0.6) is 0 Å². The average Bonchev–Trinajstić information content (AvgIpc) is 3.31. The van der Waals surface area contributed by atoms with Crippen LogP contribution in [0.2, 0.25) is 0 Å². The van der Waals surface area contributed by atoms with Crippen molar-refractivity contribution in [1.29, 1.82) is 0 Å². The minimum absolute atomic E-state index is 0.0631. The number of unbranched alkanes of at least 4 members (excludes halogenated alkanes) is 37. The van der Waals surface area contributed by atoms with Crippen molar-refractivity contribution in [3.8, 4) is 0 Å². The third kappa shape index (κ3) is 53.8. The molecule has 0 saturated heterocycles. The molecule has 1 unspecified atom stereocenters. The predicted octanol–water partition coefficient (Wildman–Crippen LogP) is 20.3. The summed E-state index contributed by atoms with van der Waals surface area (Å²) in [5.74, 6) is 1.73. The van der Waals surface area contributed by atoms with Gasteiger partial charge in [0.1, 0.15) is 13.2 Å². The molecule has 0 heterocycles. The molecular formula is C62H120O6. The van der Waals surface area contributed by atoms with Crippen LogP contribution in [0.3, 0.4) is 0 Å². The Morgan fingerprint density at radius 1 is 0.294 bits per heavy atom. The second-order valence-corrected chi connectivity index (χ2v) is 22.5. The van der Waals surface area contributed by atoms with Crippen molar-refractivity contribution in [2.45, 2.75) is 349 Å². The summed E-state index contributed by atoms with van der Waals surface area (Å²) in [6, 6.07) is 0. The quantitative estimate of drug-likeness (QED) is 0.0343. The number of esters is 3. The average molecular weight is 962 g/mol. The second kappa shape index (κ2) is 53.2. The van der Waals surface area contributed by atoms with Crippen molar-refractivity contribution in [3.05, 3.63) is 0 Å². The fourth-order valence-electron chi connectivity index (χ4n) is 9.50. The lowest BCUT2D eigenvalue weighted by Gasteiger charge is -2.18. The molecule has 0 spiro atoms. The third-order valence-electron chi connectivity index (χ3n) is 14.5. The van der Waals surface area contributed by atoms with Gasteiger partial charge in [-0.05, 0) is 37.0 Å². The van der Waals surface area contributed by atoms with Crippen molar-refractivity contribution < 1.29 is 28.6 Å². The predicted molar refractivity (Wildman–Crippen MR) is 293 cm³/mol. The summed E-state index contributed by atoms with van der Waals surface area (Å²) in [5, 5.41) is 0. The van der Waals surface area contributed by atoms with Gasteiger partial charge in [-0.15, -0.1) is 0 Å². The van der Waals surface area contributed by atoms with Crippen LogP contribution in [-0.2, 0) is 28.6 Å². The molecule has 6 nitrogen and oxygen atoms in total. The van der Waals surface area contributed by atoms with Crippen LogP contribution in [0.1, 0.15) is 343 Å². The molecule has 0 rings (SSSR count). The summed E-state index contributed by atoms with van der Waals surface area (Å²) in [6.07, 6.45) is 56.6. The van der Waals surface area contributed by atoms with Gasteiger partial charge >= 0.3 is 17.9 Å². The van der Waals surface area contributed by atoms with E-state index in [4.69, 9.17) is 14.2 Å². The zero-order chi connectivity index (χ0) is 49.8. The van der Waals surface area contributed by atoms with Crippen molar-refractivity contribution in [2.75, 3.05) is 13.2 Å². The molecule has 0 saturated carbocycles. The Hall–Kier alpha value is -1.59. The maximum atomic E-state index is 12.9. The van der Waals surface area contributed by atoms with E-state index >= 15 is 0 Å². The Morgan fingerprint density at radius 2 is 0.515 bits per heavy atom. The summed E-state index contributed by atoms with van der Waals surface area (Å²) >= 11 is 0. The van der Waals surface area contributed by atoms with Gasteiger partial charge in [0.25, 0.3) is 0 Å². The Morgan fingerprint density at radius 3 is 0.765 bits per heavy atom. The van der Waals surface area contributed by atoms with E-state index in [1.165, 1.54) is 225 Å². The summed E-state index contributed by atoms with van der Waals surface area (Å²) in [6.45, 7) is 13.8. The van der Waals surface area contributed by atoms with Gasteiger partial charge < -0.3 is 14.2 Å². The highest BCUT2D eigenvalue weighted by atomic mass is 16.6. The van der Waals surface area contributed by atoms with E-state index in [1.807, 2.05) is 0 Å². The minimum atomic E-state index is -0.764. The molecule has 2 atom stereocenters. The molecule has 0 aromatic carbocycles. The van der Waals surface area contributed by atoms with Crippen LogP contribution in [0.15, 0.2) is 0 Å². The van der Waals surface area contributed by atoms with E-state index < -0.39 is 6.10 Å². The van der Waals surface area contributed by atoms with Crippen LogP contribution >= 0.6 is 0 Å². The standard InChI is InChI=1S/C62H120O6/c1-7-58(6)50-44-38-32-26-19-15-12-13-16-20-27-33-39-45-51-60(63)66-54-59(55-67-61(64)52-46-40-34-28-23-22-25-31-37-43-49-57(4)5)68-62(65)53-47-41-35-29-21-17-11-9-8-10-14-18-24-30-36-42-48-56(2)3/h56-59H,7-55H2,1-6H3/t58?,59-/m1/s1. The molecule has 0 bridgehead atoms. The lowest BCUT2D eigenvalue weighted by molar-refractivity contribution is -0.167. The number of hydrogen-bond donors (Lipinski definition) is 0. The van der Waals surface area contributed by atoms with Crippen LogP contribution in [-0.4, -0.2) is 37.2 Å². The molecule has 0 fully saturated rings. The van der Waals surface area contributed by atoms with Gasteiger partial charge in [-0.1, -0.05) is 305 Å². The number of rotatable bonds is 55. The van der Waals surface area contributed by atoms with E-state index in [1.54, 1.807) is 0 Å². The highest BCUT2D eigenvalue weighted by Gasteiger charge is 2.19. The first kappa shape index (κ1) is 66.4. The molecule has 0 aliphatic carbocycles. The maximum Gasteiger partial charge on any atom is 0.306 e. The highest BCUT2D eigenvalue weighted by molar-refractivity contribution is 5.71. The van der Waals surface area contributed by atoms with Crippen molar-refractivity contribution >= 4 is 17.9 Å². The molecule has 0 aliphatic heterocycles. The lowest BCUT2D eigenvalue weighted by atomic mass is 9.99. The number of hydrogen-bond acceptors (Lipinski definition) is 6. The van der Waals surface area contributed by atoms with Crippen molar-refractivity contribution in [3.63, 3.8) is 0 Å². The normalized spacial score (nSPS) is 12.5. The molecule has 0 N–H and O–H groups in total. The monoisotopic (exact) mass is 961 g/mol. The molecule has 404 valence electrons. The fraction of sp³-hybridized carbons (Fsp3) is 0.952. The third-order valence-corrected chi connectivity index (χ3v) is 14.5. The number of carbonyl (C=O) groups excluding carboxylic acids is 3. The Bertz CT molecular complexity index is 1060. The van der Waals surface area contributed by atoms with Gasteiger partial charge in [0.15, 0.2) is 6.10 Å². The largest absolute Gasteiger partial charge is 0.462 e. The Labute approximate surface area is 425 Å². The van der Waals surface area contributed by atoms with Crippen LogP contribution in [0.25, 0.3) is 0 Å². The SMILES string of the molecule is CCC(C)CCCCCCCCCCCCCCCCC(=O)OC[C@H](COC(=O)CCCCCCCCCCCCC(C)C)OC(=O)CCCCCCCCCCCCCCCCCCC(C)C. The number of carbonyl (C=O) groups is 3. The summed E-state index contributed by atoms with van der Waals surface area (Å²) < 4.78 is 16.9. The zero-order valence-electron chi connectivity index (χ0n) is 46.9. The van der Waals surface area contributed by atoms with E-state index in [-0.39, 0.29) is 31.1 Å². The van der Waals surface area contributed by atoms with Gasteiger partial charge in [0, 0.05) is 19.3 Å². The summed E-state index contributed by atoms with van der Waals surface area (Å²) in [4.78, 5) is 38.2. The van der Waals surface area contributed by atoms with Crippen LogP contribution < -0.4 is 0 Å². The molecule has 6 heteroatoms. The summed E-state index contributed by atoms with van der Waals surface area (Å²) in [5.41, 5.74) is 0. The first-order valence-corrected chi connectivity index (χ1v) is 30.6. The Balaban J connectivity index is 4.28. The molecule has 0 aromatic rings. The van der Waals surface area contributed by atoms with E-state index in [0.717, 1.165) is 75.5 Å². The van der Waals surface area contributed by atoms with Gasteiger partial charge in [0.2, 0.25) is 0 Å². The van der Waals surface area contributed by atoms with Crippen molar-refractivity contribution in [1.82, 2.24) is 0 Å². The first-order valence-electron chi connectivity index (χ1n) is 30.6. The van der Waals surface area contributed by atoms with Crippen LogP contribution in [0, 0.1) is 17.8 Å². The molecular weight excluding hydrogens is 841 g/mol. The van der Waals surface area contributed by atoms with E-state index in [2.05, 4.69) is 41.5 Å². The smallest absolute Gasteiger partial charge is 0.306 e. The van der Waals surface area contributed by atoms with E-state index in [0.29, 0.717) is 19.3 Å².